The Labute approximate surface area is 117 Å². The molecule has 0 aliphatic rings. The molecule has 0 spiro atoms. The summed E-state index contributed by atoms with van der Waals surface area (Å²) in [5.74, 6) is -2.18. The van der Waals surface area contributed by atoms with Gasteiger partial charge in [0, 0.05) is 5.25 Å². The summed E-state index contributed by atoms with van der Waals surface area (Å²) in [6, 6.07) is 0. The molecular formula is C13H20O5S. The van der Waals surface area contributed by atoms with Gasteiger partial charge in [-0.05, 0) is 18.9 Å². The third kappa shape index (κ3) is 7.66. The third-order valence-electron chi connectivity index (χ3n) is 2.20. The van der Waals surface area contributed by atoms with Gasteiger partial charge in [0.1, 0.15) is 0 Å². The van der Waals surface area contributed by atoms with Gasteiger partial charge in [-0.2, -0.15) is 0 Å². The average molecular weight is 288 g/mol. The first-order valence-electron chi connectivity index (χ1n) is 5.95. The second-order valence-electron chi connectivity index (χ2n) is 4.06. The number of hydrogen-bond acceptors (Lipinski definition) is 6. The first kappa shape index (κ1) is 17.7. The van der Waals surface area contributed by atoms with Gasteiger partial charge in [0.15, 0.2) is 5.92 Å². The molecule has 0 heterocycles. The zero-order chi connectivity index (χ0) is 14.8. The van der Waals surface area contributed by atoms with Gasteiger partial charge in [-0.15, -0.1) is 0 Å². The summed E-state index contributed by atoms with van der Waals surface area (Å²) < 4.78 is 9.06. The number of methoxy groups -OCH3 is 2. The molecule has 0 fully saturated rings. The highest BCUT2D eigenvalue weighted by atomic mass is 32.2. The molecule has 6 heteroatoms. The molecule has 0 N–H and O–H groups in total. The Hall–Kier alpha value is -1.30. The molecule has 0 saturated carbocycles. The van der Waals surface area contributed by atoms with Crippen LogP contribution in [0.3, 0.4) is 0 Å². The Morgan fingerprint density at radius 3 is 2.05 bits per heavy atom. The standard InChI is InChI=1S/C13H20O5S/c1-9(2)19-11(14)8-6-5-7-10(12(15)17-3)13(16)18-4/h6,8-10H,5,7H2,1-4H3/b8-6+. The van der Waals surface area contributed by atoms with Crippen LogP contribution in [0.4, 0.5) is 0 Å². The van der Waals surface area contributed by atoms with E-state index in [0.29, 0.717) is 6.42 Å². The zero-order valence-corrected chi connectivity index (χ0v) is 12.5. The van der Waals surface area contributed by atoms with E-state index in [1.807, 2.05) is 13.8 Å². The summed E-state index contributed by atoms with van der Waals surface area (Å²) in [6.45, 7) is 3.86. The highest BCUT2D eigenvalue weighted by Crippen LogP contribution is 2.14. The quantitative estimate of drug-likeness (QED) is 0.405. The summed E-state index contributed by atoms with van der Waals surface area (Å²) in [5, 5.41) is 0.192. The maximum absolute atomic E-state index is 11.4. The van der Waals surface area contributed by atoms with Crippen molar-refractivity contribution < 1.29 is 23.9 Å². The number of ether oxygens (including phenoxy) is 2. The Balaban J connectivity index is 4.27. The van der Waals surface area contributed by atoms with Crippen LogP contribution >= 0.6 is 11.8 Å². The highest BCUT2D eigenvalue weighted by molar-refractivity contribution is 8.14. The van der Waals surface area contributed by atoms with Crippen LogP contribution in [0, 0.1) is 5.92 Å². The average Bonchev–Trinajstić information content (AvgIpc) is 2.36. The second-order valence-corrected chi connectivity index (χ2v) is 5.65. The number of allylic oxidation sites excluding steroid dienone is 1. The van der Waals surface area contributed by atoms with E-state index in [4.69, 9.17) is 0 Å². The van der Waals surface area contributed by atoms with E-state index in [0.717, 1.165) is 0 Å². The maximum Gasteiger partial charge on any atom is 0.320 e. The summed E-state index contributed by atoms with van der Waals surface area (Å²) >= 11 is 1.23. The Morgan fingerprint density at radius 2 is 1.63 bits per heavy atom. The fourth-order valence-electron chi connectivity index (χ4n) is 1.33. The molecule has 0 rings (SSSR count). The molecule has 0 unspecified atom stereocenters. The fourth-order valence-corrected chi connectivity index (χ4v) is 1.97. The molecule has 108 valence electrons. The van der Waals surface area contributed by atoms with Gasteiger partial charge in [0.2, 0.25) is 5.12 Å². The predicted molar refractivity (Wildman–Crippen MR) is 73.6 cm³/mol. The van der Waals surface area contributed by atoms with Crippen LogP contribution in [-0.2, 0) is 23.9 Å². The van der Waals surface area contributed by atoms with Crippen molar-refractivity contribution in [2.75, 3.05) is 14.2 Å². The summed E-state index contributed by atoms with van der Waals surface area (Å²) in [7, 11) is 2.44. The van der Waals surface area contributed by atoms with Gasteiger partial charge < -0.3 is 9.47 Å². The molecule has 0 aromatic carbocycles. The van der Waals surface area contributed by atoms with Crippen molar-refractivity contribution in [1.29, 1.82) is 0 Å². The van der Waals surface area contributed by atoms with E-state index < -0.39 is 17.9 Å². The minimum absolute atomic E-state index is 0.0392. The van der Waals surface area contributed by atoms with E-state index in [9.17, 15) is 14.4 Å². The SMILES string of the molecule is COC(=O)C(CC/C=C/C(=O)SC(C)C)C(=O)OC. The van der Waals surface area contributed by atoms with Crippen LogP contribution in [0.1, 0.15) is 26.7 Å². The van der Waals surface area contributed by atoms with Crippen LogP contribution < -0.4 is 0 Å². The lowest BCUT2D eigenvalue weighted by Crippen LogP contribution is -2.26. The molecular weight excluding hydrogens is 268 g/mol. The molecule has 0 amide bonds. The molecule has 19 heavy (non-hydrogen) atoms. The number of esters is 2. The molecule has 0 bridgehead atoms. The van der Waals surface area contributed by atoms with Gasteiger partial charge >= 0.3 is 11.9 Å². The largest absolute Gasteiger partial charge is 0.468 e. The molecule has 0 atom stereocenters. The molecule has 0 saturated heterocycles. The van der Waals surface area contributed by atoms with Gasteiger partial charge in [-0.25, -0.2) is 0 Å². The number of carbonyl (C=O) groups excluding carboxylic acids is 3. The van der Waals surface area contributed by atoms with Crippen molar-refractivity contribution in [3.05, 3.63) is 12.2 Å². The lowest BCUT2D eigenvalue weighted by atomic mass is 10.0. The van der Waals surface area contributed by atoms with E-state index in [1.165, 1.54) is 32.1 Å². The van der Waals surface area contributed by atoms with Crippen LogP contribution in [0.15, 0.2) is 12.2 Å². The van der Waals surface area contributed by atoms with Crippen molar-refractivity contribution >= 4 is 28.8 Å². The Bertz CT molecular complexity index is 333. The first-order valence-corrected chi connectivity index (χ1v) is 6.83. The number of thioether (sulfide) groups is 1. The normalized spacial score (nSPS) is 11.1. The van der Waals surface area contributed by atoms with Crippen molar-refractivity contribution in [3.8, 4) is 0 Å². The molecule has 0 aliphatic carbocycles. The highest BCUT2D eigenvalue weighted by Gasteiger charge is 2.27. The van der Waals surface area contributed by atoms with E-state index in [1.54, 1.807) is 6.08 Å². The zero-order valence-electron chi connectivity index (χ0n) is 11.7. The Morgan fingerprint density at radius 1 is 1.11 bits per heavy atom. The number of rotatable bonds is 7. The molecule has 0 aromatic heterocycles. The summed E-state index contributed by atoms with van der Waals surface area (Å²) in [4.78, 5) is 34.1. The number of hydrogen-bond donors (Lipinski definition) is 0. The van der Waals surface area contributed by atoms with Crippen molar-refractivity contribution in [2.45, 2.75) is 31.9 Å². The van der Waals surface area contributed by atoms with Crippen LogP contribution in [0.25, 0.3) is 0 Å². The third-order valence-corrected chi connectivity index (χ3v) is 3.04. The van der Waals surface area contributed by atoms with Gasteiger partial charge in [-0.1, -0.05) is 31.7 Å². The minimum Gasteiger partial charge on any atom is -0.468 e. The Kier molecular flexibility index (Phi) is 8.95. The van der Waals surface area contributed by atoms with E-state index in [2.05, 4.69) is 9.47 Å². The molecule has 0 aliphatic heterocycles. The van der Waals surface area contributed by atoms with E-state index >= 15 is 0 Å². The lowest BCUT2D eigenvalue weighted by molar-refractivity contribution is -0.159. The molecule has 0 aromatic rings. The minimum atomic E-state index is -0.937. The first-order chi connectivity index (χ1) is 8.92. The predicted octanol–water partition coefficient (Wildman–Crippen LogP) is 1.95. The van der Waals surface area contributed by atoms with Crippen LogP contribution in [0.2, 0.25) is 0 Å². The topological polar surface area (TPSA) is 69.7 Å². The van der Waals surface area contributed by atoms with Crippen molar-refractivity contribution in [3.63, 3.8) is 0 Å². The summed E-state index contributed by atoms with van der Waals surface area (Å²) in [5.41, 5.74) is 0. The smallest absolute Gasteiger partial charge is 0.320 e. The molecule has 0 radical (unpaired) electrons. The maximum atomic E-state index is 11.4. The van der Waals surface area contributed by atoms with E-state index in [-0.39, 0.29) is 16.8 Å². The van der Waals surface area contributed by atoms with Gasteiger partial charge in [0.05, 0.1) is 14.2 Å². The van der Waals surface area contributed by atoms with Crippen LogP contribution in [0.5, 0.6) is 0 Å². The van der Waals surface area contributed by atoms with Crippen molar-refractivity contribution in [1.82, 2.24) is 0 Å². The molecule has 5 nitrogen and oxygen atoms in total. The monoisotopic (exact) mass is 288 g/mol. The lowest BCUT2D eigenvalue weighted by Gasteiger charge is -2.10. The number of carbonyl (C=O) groups is 3. The second kappa shape index (κ2) is 9.61. The van der Waals surface area contributed by atoms with Crippen LogP contribution in [-0.4, -0.2) is 36.5 Å². The fraction of sp³-hybridized carbons (Fsp3) is 0.615. The van der Waals surface area contributed by atoms with Gasteiger partial charge in [0.25, 0.3) is 0 Å². The van der Waals surface area contributed by atoms with Gasteiger partial charge in [-0.3, -0.25) is 14.4 Å². The summed E-state index contributed by atoms with van der Waals surface area (Å²) in [6.07, 6.45) is 3.79. The van der Waals surface area contributed by atoms with Crippen molar-refractivity contribution in [2.24, 2.45) is 5.92 Å².